The summed E-state index contributed by atoms with van der Waals surface area (Å²) in [4.78, 5) is 71.2. The fourth-order valence-corrected chi connectivity index (χ4v) is 6.00. The van der Waals surface area contributed by atoms with Crippen molar-refractivity contribution in [3.05, 3.63) is 108 Å². The normalized spacial score (nSPS) is 12.4. The summed E-state index contributed by atoms with van der Waals surface area (Å²) in [6.45, 7) is -0.0502. The van der Waals surface area contributed by atoms with Crippen LogP contribution in [-0.4, -0.2) is 77.8 Å². The van der Waals surface area contributed by atoms with E-state index in [-0.39, 0.29) is 48.7 Å². The summed E-state index contributed by atoms with van der Waals surface area (Å²) in [6, 6.07) is 15.9. The molecule has 5 aromatic rings. The number of aryl methyl sites for hydroxylation is 3. The van der Waals surface area contributed by atoms with Crippen molar-refractivity contribution < 1.29 is 33.8 Å². The van der Waals surface area contributed by atoms with E-state index in [9.17, 15) is 29.1 Å². The predicted molar refractivity (Wildman–Crippen MR) is 184 cm³/mol. The van der Waals surface area contributed by atoms with Gasteiger partial charge < -0.3 is 44.8 Å². The number of benzene rings is 2. The molecular formula is C35H35N9O7. The van der Waals surface area contributed by atoms with E-state index in [0.29, 0.717) is 5.69 Å². The Hall–Kier alpha value is -6.71. The minimum Gasteiger partial charge on any atom is -0.480 e. The van der Waals surface area contributed by atoms with Gasteiger partial charge in [0.2, 0.25) is 5.82 Å². The molecule has 1 aliphatic rings. The molecule has 1 atom stereocenters. The summed E-state index contributed by atoms with van der Waals surface area (Å²) in [5.74, 6) is -2.75. The molecule has 0 saturated heterocycles. The average Bonchev–Trinajstić information content (AvgIpc) is 3.87. The molecule has 0 fully saturated rings. The molecular weight excluding hydrogens is 658 g/mol. The highest BCUT2D eigenvalue weighted by Gasteiger charge is 2.30. The second kappa shape index (κ2) is 14.4. The van der Waals surface area contributed by atoms with E-state index in [4.69, 9.17) is 4.74 Å². The molecule has 6 rings (SSSR count). The molecule has 0 radical (unpaired) electrons. The van der Waals surface area contributed by atoms with Crippen molar-refractivity contribution >= 4 is 41.3 Å². The van der Waals surface area contributed by atoms with Crippen molar-refractivity contribution in [2.45, 2.75) is 18.4 Å². The maximum atomic E-state index is 13.0. The molecule has 0 bridgehead atoms. The highest BCUT2D eigenvalue weighted by atomic mass is 16.5. The molecule has 3 aromatic heterocycles. The van der Waals surface area contributed by atoms with Crippen LogP contribution < -0.4 is 21.3 Å². The Kier molecular flexibility index (Phi) is 9.66. The number of alkyl carbamates (subject to hydrolysis) is 1. The molecule has 0 unspecified atom stereocenters. The number of aliphatic carboxylic acids is 1. The third kappa shape index (κ3) is 7.34. The first-order valence-corrected chi connectivity index (χ1v) is 15.9. The van der Waals surface area contributed by atoms with Gasteiger partial charge in [-0.1, -0.05) is 48.5 Å². The smallest absolute Gasteiger partial charge is 0.407 e. The number of rotatable bonds is 12. The SMILES string of the molecule is Cn1cc(NC(=O)c2nc(NC(=O)c3nccn3C)cn2C)cc1C(=O)NCC[C@@H](NC(=O)OCC1c2ccccc2-c2ccccc21)C(=O)O. The van der Waals surface area contributed by atoms with Crippen LogP contribution in [0.4, 0.5) is 16.3 Å². The van der Waals surface area contributed by atoms with Gasteiger partial charge in [0.15, 0.2) is 11.6 Å². The minimum atomic E-state index is -1.32. The van der Waals surface area contributed by atoms with E-state index in [1.165, 1.54) is 33.8 Å². The van der Waals surface area contributed by atoms with E-state index in [0.717, 1.165) is 22.3 Å². The molecule has 1 aliphatic carbocycles. The number of carboxylic acids is 1. The second-order valence-corrected chi connectivity index (χ2v) is 12.0. The fourth-order valence-electron chi connectivity index (χ4n) is 6.00. The number of anilines is 2. The van der Waals surface area contributed by atoms with Gasteiger partial charge in [0.25, 0.3) is 17.7 Å². The number of nitrogens with zero attached hydrogens (tertiary/aromatic N) is 5. The molecule has 262 valence electrons. The number of aromatic nitrogens is 5. The van der Waals surface area contributed by atoms with Gasteiger partial charge in [0, 0.05) is 58.4 Å². The van der Waals surface area contributed by atoms with Gasteiger partial charge in [0.1, 0.15) is 18.3 Å². The van der Waals surface area contributed by atoms with Crippen molar-refractivity contribution in [2.24, 2.45) is 21.1 Å². The molecule has 0 aliphatic heterocycles. The lowest BCUT2D eigenvalue weighted by Gasteiger charge is -2.17. The highest BCUT2D eigenvalue weighted by Crippen LogP contribution is 2.44. The van der Waals surface area contributed by atoms with Crippen molar-refractivity contribution in [2.75, 3.05) is 23.8 Å². The van der Waals surface area contributed by atoms with Crippen LogP contribution in [0.1, 0.15) is 55.2 Å². The lowest BCUT2D eigenvalue weighted by Crippen LogP contribution is -2.43. The van der Waals surface area contributed by atoms with Crippen LogP contribution in [0.25, 0.3) is 11.1 Å². The zero-order valence-corrected chi connectivity index (χ0v) is 27.9. The lowest BCUT2D eigenvalue weighted by atomic mass is 9.98. The summed E-state index contributed by atoms with van der Waals surface area (Å²) in [6.07, 6.45) is 5.12. The summed E-state index contributed by atoms with van der Waals surface area (Å²) in [5, 5.41) is 20.0. The molecule has 0 saturated carbocycles. The first kappa shape index (κ1) is 34.2. The molecule has 3 heterocycles. The van der Waals surface area contributed by atoms with Crippen LogP contribution >= 0.6 is 0 Å². The van der Waals surface area contributed by atoms with Crippen LogP contribution in [0.15, 0.2) is 79.4 Å². The molecule has 4 amide bonds. The van der Waals surface area contributed by atoms with Crippen molar-refractivity contribution in [1.82, 2.24) is 34.3 Å². The van der Waals surface area contributed by atoms with Crippen molar-refractivity contribution in [1.29, 1.82) is 0 Å². The van der Waals surface area contributed by atoms with Crippen LogP contribution in [0.5, 0.6) is 0 Å². The lowest BCUT2D eigenvalue weighted by molar-refractivity contribution is -0.139. The van der Waals surface area contributed by atoms with Gasteiger partial charge in [-0.3, -0.25) is 14.4 Å². The van der Waals surface area contributed by atoms with E-state index in [1.807, 2.05) is 48.5 Å². The molecule has 2 aromatic carbocycles. The number of carbonyl (C=O) groups is 5. The first-order chi connectivity index (χ1) is 24.5. The number of carboxylic acid groups (broad SMARTS) is 1. The second-order valence-electron chi connectivity index (χ2n) is 12.0. The summed E-state index contributed by atoms with van der Waals surface area (Å²) < 4.78 is 9.95. The zero-order valence-electron chi connectivity index (χ0n) is 27.9. The van der Waals surface area contributed by atoms with Crippen LogP contribution in [-0.2, 0) is 30.7 Å². The zero-order chi connectivity index (χ0) is 36.2. The minimum absolute atomic E-state index is 0.00334. The quantitative estimate of drug-likeness (QED) is 0.130. The third-order valence-electron chi connectivity index (χ3n) is 8.49. The number of hydrogen-bond donors (Lipinski definition) is 5. The summed E-state index contributed by atoms with van der Waals surface area (Å²) >= 11 is 0. The maximum Gasteiger partial charge on any atom is 0.407 e. The topological polar surface area (TPSA) is 203 Å². The number of carbonyl (C=O) groups excluding carboxylic acids is 4. The Labute approximate surface area is 291 Å². The maximum absolute atomic E-state index is 13.0. The van der Waals surface area contributed by atoms with Gasteiger partial charge >= 0.3 is 12.1 Å². The van der Waals surface area contributed by atoms with Crippen LogP contribution in [0.3, 0.4) is 0 Å². The number of ether oxygens (including phenoxy) is 1. The third-order valence-corrected chi connectivity index (χ3v) is 8.49. The standard InChI is InChI=1S/C35H35N9O7/c1-42-15-14-36-29(42)32(46)41-28-18-44(3)30(40-28)33(47)38-20-16-27(43(2)17-20)31(45)37-13-12-26(34(48)49)39-35(50)51-19-25-23-10-6-4-8-21(23)22-9-5-7-11-24(22)25/h4-11,14-18,25-26H,12-13,19H2,1-3H3,(H,37,45)(H,38,47)(H,39,50)(H,41,46)(H,48,49)/t26-/m1/s1. The Bertz CT molecular complexity index is 2100. The molecule has 5 N–H and O–H groups in total. The number of fused-ring (bicyclic) bond motifs is 3. The Morgan fingerprint density at radius 1 is 0.843 bits per heavy atom. The summed E-state index contributed by atoms with van der Waals surface area (Å²) in [5.41, 5.74) is 4.68. The predicted octanol–water partition coefficient (Wildman–Crippen LogP) is 3.11. The number of imidazole rings is 2. The van der Waals surface area contributed by atoms with E-state index in [1.54, 1.807) is 31.9 Å². The van der Waals surface area contributed by atoms with Gasteiger partial charge in [-0.05, 0) is 34.7 Å². The summed E-state index contributed by atoms with van der Waals surface area (Å²) in [7, 11) is 4.87. The van der Waals surface area contributed by atoms with E-state index in [2.05, 4.69) is 31.2 Å². The van der Waals surface area contributed by atoms with Crippen molar-refractivity contribution in [3.8, 4) is 11.1 Å². The van der Waals surface area contributed by atoms with Gasteiger partial charge in [0.05, 0.1) is 5.69 Å². The van der Waals surface area contributed by atoms with Crippen molar-refractivity contribution in [3.63, 3.8) is 0 Å². The fraction of sp³-hybridized carbons (Fsp3) is 0.229. The molecule has 0 spiro atoms. The average molecular weight is 694 g/mol. The number of nitrogens with one attached hydrogen (secondary N) is 4. The Morgan fingerprint density at radius 3 is 2.16 bits per heavy atom. The first-order valence-electron chi connectivity index (χ1n) is 15.9. The number of hydrogen-bond acceptors (Lipinski definition) is 8. The molecule has 51 heavy (non-hydrogen) atoms. The van der Waals surface area contributed by atoms with Gasteiger partial charge in [-0.2, -0.15) is 0 Å². The largest absolute Gasteiger partial charge is 0.480 e. The van der Waals surface area contributed by atoms with Crippen LogP contribution in [0.2, 0.25) is 0 Å². The van der Waals surface area contributed by atoms with Gasteiger partial charge in [-0.15, -0.1) is 0 Å². The van der Waals surface area contributed by atoms with E-state index < -0.39 is 35.8 Å². The van der Waals surface area contributed by atoms with Gasteiger partial charge in [-0.25, -0.2) is 19.6 Å². The molecule has 16 heteroatoms. The molecule has 16 nitrogen and oxygen atoms in total. The monoisotopic (exact) mass is 693 g/mol. The highest BCUT2D eigenvalue weighted by molar-refractivity contribution is 6.05. The van der Waals surface area contributed by atoms with E-state index >= 15 is 0 Å². The Morgan fingerprint density at radius 2 is 1.51 bits per heavy atom. The Balaban J connectivity index is 0.993. The number of amides is 4. The van der Waals surface area contributed by atoms with Crippen LogP contribution in [0, 0.1) is 0 Å².